The molecule has 0 saturated carbocycles. The minimum atomic E-state index is -0.410. The molecular weight excluding hydrogens is 309 g/mol. The predicted molar refractivity (Wildman–Crippen MR) is 87.4 cm³/mol. The Morgan fingerprint density at radius 2 is 2.08 bits per heavy atom. The first kappa shape index (κ1) is 17.7. The van der Waals surface area contributed by atoms with E-state index in [0.717, 1.165) is 0 Å². The smallest absolute Gasteiger partial charge is 0.226 e. The van der Waals surface area contributed by atoms with Crippen LogP contribution in [-0.2, 0) is 10.2 Å². The number of hydrogen-bond acceptors (Lipinski definition) is 4. The lowest BCUT2D eigenvalue weighted by molar-refractivity contribution is -0.121. The number of hydrogen-bond donors (Lipinski definition) is 1. The van der Waals surface area contributed by atoms with Gasteiger partial charge in [-0.05, 0) is 30.7 Å². The quantitative estimate of drug-likeness (QED) is 0.788. The average Bonchev–Trinajstić information content (AvgIpc) is 3.05. The predicted octanol–water partition coefficient (Wildman–Crippen LogP) is 3.57. The van der Waals surface area contributed by atoms with Crippen LogP contribution in [0.1, 0.15) is 38.8 Å². The van der Waals surface area contributed by atoms with E-state index in [1.54, 1.807) is 18.4 Å². The Morgan fingerprint density at radius 1 is 1.38 bits per heavy atom. The van der Waals surface area contributed by atoms with Crippen LogP contribution in [0.2, 0.25) is 0 Å². The molecule has 5 nitrogen and oxygen atoms in total. The molecule has 0 fully saturated rings. The molecule has 0 aliphatic rings. The summed E-state index contributed by atoms with van der Waals surface area (Å²) >= 11 is 0. The van der Waals surface area contributed by atoms with Gasteiger partial charge >= 0.3 is 0 Å². The topological polar surface area (TPSA) is 78.9 Å². The van der Waals surface area contributed by atoms with Gasteiger partial charge in [-0.2, -0.15) is 5.26 Å². The van der Waals surface area contributed by atoms with Gasteiger partial charge in [-0.25, -0.2) is 9.37 Å². The van der Waals surface area contributed by atoms with E-state index in [1.807, 2.05) is 19.9 Å². The first-order valence-corrected chi connectivity index (χ1v) is 7.78. The Bertz CT molecular complexity index is 729. The Morgan fingerprint density at radius 3 is 2.75 bits per heavy atom. The van der Waals surface area contributed by atoms with Crippen molar-refractivity contribution in [1.29, 1.82) is 5.26 Å². The summed E-state index contributed by atoms with van der Waals surface area (Å²) in [6.07, 6.45) is 2.83. The Labute approximate surface area is 140 Å². The number of nitrogens with one attached hydrogen (secondary N) is 1. The highest BCUT2D eigenvalue weighted by molar-refractivity contribution is 5.76. The molecule has 1 N–H and O–H groups in total. The zero-order valence-corrected chi connectivity index (χ0v) is 13.8. The fraction of sp³-hybridized carbons (Fsp3) is 0.389. The molecule has 0 unspecified atom stereocenters. The van der Waals surface area contributed by atoms with E-state index in [4.69, 9.17) is 9.68 Å². The van der Waals surface area contributed by atoms with Crippen LogP contribution in [-0.4, -0.2) is 17.4 Å². The van der Waals surface area contributed by atoms with E-state index in [9.17, 15) is 9.18 Å². The lowest BCUT2D eigenvalue weighted by Gasteiger charge is -2.22. The average molecular weight is 329 g/mol. The molecule has 0 radical (unpaired) electrons. The van der Waals surface area contributed by atoms with Crippen LogP contribution in [0.3, 0.4) is 0 Å². The molecule has 0 spiro atoms. The number of rotatable bonds is 7. The lowest BCUT2D eigenvalue weighted by atomic mass is 9.90. The molecule has 0 atom stereocenters. The number of unbranched alkanes of at least 4 members (excludes halogenated alkanes) is 1. The number of carbonyl (C=O) groups is 1. The highest BCUT2D eigenvalue weighted by Gasteiger charge is 2.25. The van der Waals surface area contributed by atoms with Gasteiger partial charge < -0.3 is 9.73 Å². The van der Waals surface area contributed by atoms with Crippen molar-refractivity contribution in [3.05, 3.63) is 42.0 Å². The summed E-state index contributed by atoms with van der Waals surface area (Å²) < 4.78 is 18.5. The van der Waals surface area contributed by atoms with E-state index >= 15 is 0 Å². The third-order valence-electron chi connectivity index (χ3n) is 3.71. The monoisotopic (exact) mass is 329 g/mol. The molecule has 0 bridgehead atoms. The second-order valence-electron chi connectivity index (χ2n) is 6.22. The molecule has 1 aromatic heterocycles. The van der Waals surface area contributed by atoms with Crippen LogP contribution < -0.4 is 5.32 Å². The van der Waals surface area contributed by atoms with Crippen molar-refractivity contribution in [3.63, 3.8) is 0 Å². The molecule has 0 aliphatic heterocycles. The second-order valence-corrected chi connectivity index (χ2v) is 6.22. The van der Waals surface area contributed by atoms with Gasteiger partial charge in [0.2, 0.25) is 11.8 Å². The molecule has 126 valence electrons. The molecule has 2 aromatic rings. The maximum absolute atomic E-state index is 13.0. The van der Waals surface area contributed by atoms with E-state index in [0.29, 0.717) is 43.0 Å². The third kappa shape index (κ3) is 4.66. The summed E-state index contributed by atoms with van der Waals surface area (Å²) in [5.41, 5.74) is 0.991. The van der Waals surface area contributed by atoms with Crippen LogP contribution in [0.5, 0.6) is 0 Å². The summed E-state index contributed by atoms with van der Waals surface area (Å²) in [5, 5.41) is 11.3. The van der Waals surface area contributed by atoms with Gasteiger partial charge in [-0.15, -0.1) is 0 Å². The van der Waals surface area contributed by atoms with Crippen molar-refractivity contribution in [2.24, 2.45) is 0 Å². The first-order valence-electron chi connectivity index (χ1n) is 7.78. The molecule has 1 heterocycles. The van der Waals surface area contributed by atoms with Crippen LogP contribution in [0, 0.1) is 17.1 Å². The summed E-state index contributed by atoms with van der Waals surface area (Å²) in [5.74, 6) is 0.0176. The molecular formula is C18H20FN3O2. The fourth-order valence-electron chi connectivity index (χ4n) is 2.14. The van der Waals surface area contributed by atoms with Crippen molar-refractivity contribution in [2.45, 2.75) is 38.5 Å². The number of nitriles is 1. The summed E-state index contributed by atoms with van der Waals surface area (Å²) in [7, 11) is 0. The zero-order valence-electron chi connectivity index (χ0n) is 13.8. The van der Waals surface area contributed by atoms with Gasteiger partial charge in [-0.3, -0.25) is 4.79 Å². The Hall–Kier alpha value is -2.68. The highest BCUT2D eigenvalue weighted by atomic mass is 19.1. The minimum absolute atomic E-state index is 0.0828. The van der Waals surface area contributed by atoms with Gasteiger partial charge in [0.1, 0.15) is 12.1 Å². The van der Waals surface area contributed by atoms with Crippen LogP contribution in [0.15, 0.2) is 34.9 Å². The first-order chi connectivity index (χ1) is 11.4. The van der Waals surface area contributed by atoms with Crippen molar-refractivity contribution >= 4 is 5.91 Å². The Kier molecular flexibility index (Phi) is 5.69. The number of aromatic nitrogens is 1. The van der Waals surface area contributed by atoms with Crippen molar-refractivity contribution < 1.29 is 13.6 Å². The number of amides is 1. The van der Waals surface area contributed by atoms with E-state index in [2.05, 4.69) is 10.3 Å². The summed E-state index contributed by atoms with van der Waals surface area (Å²) in [6.45, 7) is 4.32. The third-order valence-corrected chi connectivity index (χ3v) is 3.71. The number of halogens is 1. The van der Waals surface area contributed by atoms with Gasteiger partial charge in [-0.1, -0.05) is 13.8 Å². The number of carbonyl (C=O) groups excluding carboxylic acids is 1. The molecule has 0 saturated heterocycles. The number of oxazole rings is 1. The van der Waals surface area contributed by atoms with Gasteiger partial charge in [0, 0.05) is 30.4 Å². The van der Waals surface area contributed by atoms with Crippen molar-refractivity contribution in [3.8, 4) is 17.5 Å². The summed E-state index contributed by atoms with van der Waals surface area (Å²) in [4.78, 5) is 16.2. The lowest BCUT2D eigenvalue weighted by Crippen LogP contribution is -2.36. The molecule has 24 heavy (non-hydrogen) atoms. The van der Waals surface area contributed by atoms with Crippen LogP contribution in [0.4, 0.5) is 4.39 Å². The van der Waals surface area contributed by atoms with Crippen LogP contribution in [0.25, 0.3) is 11.5 Å². The zero-order chi connectivity index (χ0) is 17.6. The maximum Gasteiger partial charge on any atom is 0.226 e. The van der Waals surface area contributed by atoms with Gasteiger partial charge in [0.25, 0.3) is 0 Å². The summed E-state index contributed by atoms with van der Waals surface area (Å²) in [6, 6.07) is 7.94. The highest BCUT2D eigenvalue weighted by Crippen LogP contribution is 2.26. The molecule has 0 aliphatic carbocycles. The number of nitrogens with zero attached hydrogens (tertiary/aromatic N) is 2. The SMILES string of the molecule is CC(C)(CNC(=O)CCCC#N)c1coc(-c2ccc(F)cc2)n1. The maximum atomic E-state index is 13.0. The normalized spacial score (nSPS) is 11.1. The second kappa shape index (κ2) is 7.73. The van der Waals surface area contributed by atoms with E-state index in [1.165, 1.54) is 12.1 Å². The van der Waals surface area contributed by atoms with Gasteiger partial charge in [0.15, 0.2) is 0 Å². The minimum Gasteiger partial charge on any atom is -0.444 e. The van der Waals surface area contributed by atoms with E-state index < -0.39 is 5.41 Å². The standard InChI is InChI=1S/C18H20FN3O2/c1-18(2,12-21-16(23)5-3-4-10-20)15-11-24-17(22-15)13-6-8-14(19)9-7-13/h6-9,11H,3-5,12H2,1-2H3,(H,21,23). The Balaban J connectivity index is 1.98. The molecule has 1 amide bonds. The van der Waals surface area contributed by atoms with Crippen LogP contribution >= 0.6 is 0 Å². The van der Waals surface area contributed by atoms with Crippen molar-refractivity contribution in [2.75, 3.05) is 6.54 Å². The van der Waals surface area contributed by atoms with E-state index in [-0.39, 0.29) is 11.7 Å². The van der Waals surface area contributed by atoms with Crippen molar-refractivity contribution in [1.82, 2.24) is 10.3 Å². The van der Waals surface area contributed by atoms with Gasteiger partial charge in [0.05, 0.1) is 11.8 Å². The molecule has 2 rings (SSSR count). The fourth-order valence-corrected chi connectivity index (χ4v) is 2.14. The largest absolute Gasteiger partial charge is 0.444 e. The number of benzene rings is 1. The molecule has 6 heteroatoms. The molecule has 1 aromatic carbocycles.